The summed E-state index contributed by atoms with van der Waals surface area (Å²) in [5.74, 6) is 1.76. The Morgan fingerprint density at radius 1 is 0.257 bits per heavy atom. The SMILES string of the molecule is c1ccc(-c2cccc(-c3nc(-c4cccc(-c5ccccc5)c4)nc(-c4cccc5oc6ccc(-c7cccc(-c8cccc9c8C8(c%10ccccc%10-c%10ccccc%108)c8ccccc8-9)c7)cc6c45)n3)c2)cc1. The molecule has 0 bridgehead atoms. The Kier molecular flexibility index (Phi) is 9.45. The first kappa shape index (κ1) is 42.0. The Morgan fingerprint density at radius 3 is 1.27 bits per heavy atom. The van der Waals surface area contributed by atoms with Gasteiger partial charge in [-0.25, -0.2) is 15.0 Å². The summed E-state index contributed by atoms with van der Waals surface area (Å²) in [5, 5.41) is 1.95. The molecule has 2 aliphatic carbocycles. The molecule has 15 rings (SSSR count). The van der Waals surface area contributed by atoms with Crippen molar-refractivity contribution in [1.82, 2.24) is 15.0 Å². The van der Waals surface area contributed by atoms with Crippen molar-refractivity contribution in [3.63, 3.8) is 0 Å². The molecule has 2 aliphatic rings. The van der Waals surface area contributed by atoms with Crippen LogP contribution >= 0.6 is 0 Å². The van der Waals surface area contributed by atoms with E-state index in [1.54, 1.807) is 0 Å². The van der Waals surface area contributed by atoms with E-state index < -0.39 is 5.41 Å². The average molecular weight is 942 g/mol. The van der Waals surface area contributed by atoms with E-state index in [0.29, 0.717) is 17.5 Å². The molecular formula is C70H43N3O. The van der Waals surface area contributed by atoms with Gasteiger partial charge in [-0.05, 0) is 125 Å². The third-order valence-corrected chi connectivity index (χ3v) is 15.3. The molecule has 74 heavy (non-hydrogen) atoms. The number of aromatic nitrogens is 3. The lowest BCUT2D eigenvalue weighted by molar-refractivity contribution is 0.669. The highest BCUT2D eigenvalue weighted by Gasteiger charge is 2.52. The molecule has 0 fully saturated rings. The van der Waals surface area contributed by atoms with Gasteiger partial charge in [0.25, 0.3) is 0 Å². The molecule has 4 nitrogen and oxygen atoms in total. The molecule has 0 radical (unpaired) electrons. The Labute approximate surface area is 428 Å². The van der Waals surface area contributed by atoms with Crippen LogP contribution in [0.1, 0.15) is 22.3 Å². The minimum atomic E-state index is -0.457. The molecule has 2 aromatic heterocycles. The number of furan rings is 1. The molecule has 344 valence electrons. The molecule has 0 unspecified atom stereocenters. The van der Waals surface area contributed by atoms with Crippen molar-refractivity contribution < 1.29 is 4.42 Å². The smallest absolute Gasteiger partial charge is 0.164 e. The van der Waals surface area contributed by atoms with Crippen molar-refractivity contribution in [2.75, 3.05) is 0 Å². The van der Waals surface area contributed by atoms with Crippen molar-refractivity contribution in [2.45, 2.75) is 5.41 Å². The van der Waals surface area contributed by atoms with Gasteiger partial charge in [-0.1, -0.05) is 224 Å². The predicted molar refractivity (Wildman–Crippen MR) is 301 cm³/mol. The van der Waals surface area contributed by atoms with Gasteiger partial charge in [-0.2, -0.15) is 0 Å². The molecule has 0 saturated heterocycles. The third kappa shape index (κ3) is 6.45. The van der Waals surface area contributed by atoms with Crippen molar-refractivity contribution in [1.29, 1.82) is 0 Å². The van der Waals surface area contributed by atoms with Crippen LogP contribution in [0.3, 0.4) is 0 Å². The summed E-state index contributed by atoms with van der Waals surface area (Å²) in [5.41, 5.74) is 23.4. The van der Waals surface area contributed by atoms with Gasteiger partial charge < -0.3 is 4.42 Å². The Balaban J connectivity index is 0.885. The van der Waals surface area contributed by atoms with Crippen LogP contribution in [0, 0.1) is 0 Å². The van der Waals surface area contributed by atoms with E-state index in [1.807, 2.05) is 24.3 Å². The lowest BCUT2D eigenvalue weighted by Gasteiger charge is -2.32. The van der Waals surface area contributed by atoms with E-state index in [-0.39, 0.29) is 0 Å². The Morgan fingerprint density at radius 2 is 0.662 bits per heavy atom. The summed E-state index contributed by atoms with van der Waals surface area (Å²) in [6.07, 6.45) is 0. The Bertz CT molecular complexity index is 4220. The summed E-state index contributed by atoms with van der Waals surface area (Å²) in [4.78, 5) is 15.8. The molecule has 0 N–H and O–H groups in total. The summed E-state index contributed by atoms with van der Waals surface area (Å²) in [7, 11) is 0. The number of fused-ring (bicyclic) bond motifs is 13. The molecule has 13 aromatic rings. The largest absolute Gasteiger partial charge is 0.456 e. The predicted octanol–water partition coefficient (Wildman–Crippen LogP) is 17.8. The van der Waals surface area contributed by atoms with Crippen molar-refractivity contribution in [2.24, 2.45) is 0 Å². The second-order valence-electron chi connectivity index (χ2n) is 19.4. The van der Waals surface area contributed by atoms with Gasteiger partial charge in [0.2, 0.25) is 0 Å². The number of nitrogens with zero attached hydrogens (tertiary/aromatic N) is 3. The second kappa shape index (κ2) is 16.7. The molecule has 1 spiro atoms. The van der Waals surface area contributed by atoms with Crippen molar-refractivity contribution in [3.8, 4) is 101 Å². The monoisotopic (exact) mass is 941 g/mol. The highest BCUT2D eigenvalue weighted by atomic mass is 16.3. The molecule has 0 amide bonds. The number of benzene rings is 11. The maximum absolute atomic E-state index is 6.68. The van der Waals surface area contributed by atoms with Crippen LogP contribution in [0.4, 0.5) is 0 Å². The quantitative estimate of drug-likeness (QED) is 0.160. The lowest BCUT2D eigenvalue weighted by atomic mass is 9.68. The summed E-state index contributed by atoms with van der Waals surface area (Å²) >= 11 is 0. The lowest BCUT2D eigenvalue weighted by Crippen LogP contribution is -2.26. The first-order valence-corrected chi connectivity index (χ1v) is 25.2. The van der Waals surface area contributed by atoms with Gasteiger partial charge in [0.1, 0.15) is 11.2 Å². The van der Waals surface area contributed by atoms with Crippen LogP contribution < -0.4 is 0 Å². The number of hydrogen-bond acceptors (Lipinski definition) is 4. The van der Waals surface area contributed by atoms with E-state index in [4.69, 9.17) is 19.4 Å². The average Bonchev–Trinajstić information content (AvgIpc) is 4.13. The van der Waals surface area contributed by atoms with Gasteiger partial charge >= 0.3 is 0 Å². The second-order valence-corrected chi connectivity index (χ2v) is 19.4. The molecule has 0 atom stereocenters. The van der Waals surface area contributed by atoms with Crippen molar-refractivity contribution >= 4 is 21.9 Å². The minimum absolute atomic E-state index is 0.457. The topological polar surface area (TPSA) is 51.8 Å². The number of hydrogen-bond donors (Lipinski definition) is 0. The highest BCUT2D eigenvalue weighted by Crippen LogP contribution is 2.64. The molecule has 0 aliphatic heterocycles. The van der Waals surface area contributed by atoms with Crippen LogP contribution in [0.5, 0.6) is 0 Å². The summed E-state index contributed by atoms with van der Waals surface area (Å²) in [6, 6.07) is 93.5. The zero-order chi connectivity index (χ0) is 48.7. The van der Waals surface area contributed by atoms with Crippen LogP contribution in [-0.2, 0) is 5.41 Å². The van der Waals surface area contributed by atoms with Crippen LogP contribution in [-0.4, -0.2) is 15.0 Å². The van der Waals surface area contributed by atoms with E-state index in [2.05, 4.69) is 237 Å². The minimum Gasteiger partial charge on any atom is -0.456 e. The van der Waals surface area contributed by atoms with E-state index in [9.17, 15) is 0 Å². The van der Waals surface area contributed by atoms with Crippen LogP contribution in [0.2, 0.25) is 0 Å². The summed E-state index contributed by atoms with van der Waals surface area (Å²) < 4.78 is 6.68. The first-order chi connectivity index (χ1) is 36.7. The standard InChI is InChI=1S/C70H43N3O/c1-3-18-44(19-4-1)46-22-14-26-51(41-46)67-71-68(52-27-15-23-47(42-52)45-20-5-2-6-21-45)73-69(72-67)58-33-17-37-64-65(58)59-43-49(38-39-63(59)74-64)48-24-13-25-50(40-48)53-31-16-32-57-56-30-9-12-36-62(56)70(66(53)57)60-34-10-7-28-54(60)55-29-8-11-35-61(55)70/h1-43H. The maximum Gasteiger partial charge on any atom is 0.164 e. The highest BCUT2D eigenvalue weighted by molar-refractivity contribution is 6.13. The zero-order valence-electron chi connectivity index (χ0n) is 40.1. The van der Waals surface area contributed by atoms with E-state index in [0.717, 1.165) is 72.0 Å². The third-order valence-electron chi connectivity index (χ3n) is 15.3. The molecular weight excluding hydrogens is 899 g/mol. The van der Waals surface area contributed by atoms with Gasteiger partial charge in [0.05, 0.1) is 5.41 Å². The van der Waals surface area contributed by atoms with E-state index >= 15 is 0 Å². The van der Waals surface area contributed by atoms with Crippen LogP contribution in [0.25, 0.3) is 123 Å². The normalized spacial score (nSPS) is 12.7. The Hall–Kier alpha value is -9.77. The van der Waals surface area contributed by atoms with Gasteiger partial charge in [-0.15, -0.1) is 0 Å². The molecule has 0 saturated carbocycles. The first-order valence-electron chi connectivity index (χ1n) is 25.2. The molecule has 2 heterocycles. The van der Waals surface area contributed by atoms with Gasteiger partial charge in [0, 0.05) is 27.5 Å². The van der Waals surface area contributed by atoms with E-state index in [1.165, 1.54) is 55.6 Å². The molecule has 11 aromatic carbocycles. The molecule has 4 heteroatoms. The fraction of sp³-hybridized carbons (Fsp3) is 0.0143. The summed E-state index contributed by atoms with van der Waals surface area (Å²) in [6.45, 7) is 0. The fourth-order valence-corrected chi connectivity index (χ4v) is 12.1. The van der Waals surface area contributed by atoms with Crippen LogP contribution in [0.15, 0.2) is 265 Å². The van der Waals surface area contributed by atoms with Gasteiger partial charge in [-0.3, -0.25) is 0 Å². The van der Waals surface area contributed by atoms with Crippen molar-refractivity contribution in [3.05, 3.63) is 283 Å². The zero-order valence-corrected chi connectivity index (χ0v) is 40.1. The maximum atomic E-state index is 6.68. The number of rotatable bonds is 7. The fourth-order valence-electron chi connectivity index (χ4n) is 12.1. The van der Waals surface area contributed by atoms with Gasteiger partial charge in [0.15, 0.2) is 17.5 Å².